The number of nitrogens with zero attached hydrogens (tertiary/aromatic N) is 1. The SMILES string of the molecule is CCCCCn1c(=O)[nH]c2ccc(C(=O)O)cc21. The zero-order chi connectivity index (χ0) is 13.1. The van der Waals surface area contributed by atoms with Gasteiger partial charge in [0.15, 0.2) is 0 Å². The number of hydrogen-bond acceptors (Lipinski definition) is 2. The number of carbonyl (C=O) groups is 1. The standard InChI is InChI=1S/C13H16N2O3/c1-2-3-4-7-15-11-8-9(12(16)17)5-6-10(11)14-13(15)18/h5-6,8H,2-4,7H2,1H3,(H,14,18)(H,16,17). The number of benzene rings is 1. The highest BCUT2D eigenvalue weighted by molar-refractivity contribution is 5.92. The van der Waals surface area contributed by atoms with E-state index in [1.807, 2.05) is 0 Å². The van der Waals surface area contributed by atoms with Crippen molar-refractivity contribution in [1.82, 2.24) is 9.55 Å². The number of hydrogen-bond donors (Lipinski definition) is 2. The zero-order valence-electron chi connectivity index (χ0n) is 10.3. The van der Waals surface area contributed by atoms with Crippen molar-refractivity contribution in [2.75, 3.05) is 0 Å². The number of aromatic carboxylic acids is 1. The molecule has 5 nitrogen and oxygen atoms in total. The van der Waals surface area contributed by atoms with Crippen LogP contribution in [0.1, 0.15) is 36.5 Å². The Hall–Kier alpha value is -2.04. The Balaban J connectivity index is 2.43. The molecular weight excluding hydrogens is 232 g/mol. The van der Waals surface area contributed by atoms with Gasteiger partial charge in [0.05, 0.1) is 16.6 Å². The molecule has 0 aliphatic heterocycles. The molecule has 96 valence electrons. The van der Waals surface area contributed by atoms with Gasteiger partial charge in [0, 0.05) is 6.54 Å². The zero-order valence-corrected chi connectivity index (χ0v) is 10.3. The third-order valence-electron chi connectivity index (χ3n) is 3.01. The molecule has 0 aliphatic rings. The van der Waals surface area contributed by atoms with Gasteiger partial charge in [0.1, 0.15) is 0 Å². The highest BCUT2D eigenvalue weighted by Gasteiger charge is 2.09. The third-order valence-corrected chi connectivity index (χ3v) is 3.01. The molecule has 1 aromatic heterocycles. The topological polar surface area (TPSA) is 75.1 Å². The number of aromatic nitrogens is 2. The Morgan fingerprint density at radius 2 is 2.17 bits per heavy atom. The number of imidazole rings is 1. The minimum absolute atomic E-state index is 0.177. The number of H-pyrrole nitrogens is 1. The fourth-order valence-electron chi connectivity index (χ4n) is 2.03. The van der Waals surface area contributed by atoms with Crippen LogP contribution in [-0.4, -0.2) is 20.6 Å². The van der Waals surface area contributed by atoms with Crippen molar-refractivity contribution in [3.05, 3.63) is 34.2 Å². The smallest absolute Gasteiger partial charge is 0.335 e. The summed E-state index contributed by atoms with van der Waals surface area (Å²) >= 11 is 0. The summed E-state index contributed by atoms with van der Waals surface area (Å²) in [6.07, 6.45) is 3.05. The van der Waals surface area contributed by atoms with Crippen LogP contribution in [-0.2, 0) is 6.54 Å². The summed E-state index contributed by atoms with van der Waals surface area (Å²) in [4.78, 5) is 25.4. The van der Waals surface area contributed by atoms with E-state index in [9.17, 15) is 9.59 Å². The Labute approximate surface area is 104 Å². The first-order valence-electron chi connectivity index (χ1n) is 6.09. The maximum absolute atomic E-state index is 11.8. The monoisotopic (exact) mass is 248 g/mol. The van der Waals surface area contributed by atoms with Crippen molar-refractivity contribution in [2.24, 2.45) is 0 Å². The van der Waals surface area contributed by atoms with Gasteiger partial charge in [-0.2, -0.15) is 0 Å². The Morgan fingerprint density at radius 3 is 2.83 bits per heavy atom. The predicted molar refractivity (Wildman–Crippen MR) is 69.0 cm³/mol. The molecule has 2 rings (SSSR count). The highest BCUT2D eigenvalue weighted by Crippen LogP contribution is 2.14. The van der Waals surface area contributed by atoms with Crippen molar-refractivity contribution >= 4 is 17.0 Å². The van der Waals surface area contributed by atoms with Crippen LogP contribution in [0.25, 0.3) is 11.0 Å². The van der Waals surface area contributed by atoms with Crippen LogP contribution in [0.15, 0.2) is 23.0 Å². The quantitative estimate of drug-likeness (QED) is 0.796. The van der Waals surface area contributed by atoms with Crippen molar-refractivity contribution in [3.8, 4) is 0 Å². The first-order chi connectivity index (χ1) is 8.63. The molecule has 5 heteroatoms. The van der Waals surface area contributed by atoms with Crippen LogP contribution in [0.4, 0.5) is 0 Å². The lowest BCUT2D eigenvalue weighted by molar-refractivity contribution is 0.0697. The van der Waals surface area contributed by atoms with Crippen LogP contribution < -0.4 is 5.69 Å². The lowest BCUT2D eigenvalue weighted by Gasteiger charge is -2.03. The van der Waals surface area contributed by atoms with Gasteiger partial charge in [0.2, 0.25) is 0 Å². The molecule has 0 radical (unpaired) electrons. The molecule has 18 heavy (non-hydrogen) atoms. The molecule has 2 aromatic rings. The van der Waals surface area contributed by atoms with Gasteiger partial charge in [-0.3, -0.25) is 4.57 Å². The number of fused-ring (bicyclic) bond motifs is 1. The molecular formula is C13H16N2O3. The first kappa shape index (κ1) is 12.4. The number of carboxylic acids is 1. The fourth-order valence-corrected chi connectivity index (χ4v) is 2.03. The maximum atomic E-state index is 11.8. The van der Waals surface area contributed by atoms with Gasteiger partial charge >= 0.3 is 11.7 Å². The van der Waals surface area contributed by atoms with Gasteiger partial charge in [-0.25, -0.2) is 9.59 Å². The molecule has 0 aliphatic carbocycles. The lowest BCUT2D eigenvalue weighted by Crippen LogP contribution is -2.16. The summed E-state index contributed by atoms with van der Waals surface area (Å²) in [5.41, 5.74) is 1.37. The third kappa shape index (κ3) is 2.30. The van der Waals surface area contributed by atoms with Gasteiger partial charge < -0.3 is 10.1 Å². The van der Waals surface area contributed by atoms with Gasteiger partial charge in [-0.15, -0.1) is 0 Å². The molecule has 0 fully saturated rings. The van der Waals surface area contributed by atoms with E-state index in [-0.39, 0.29) is 11.3 Å². The summed E-state index contributed by atoms with van der Waals surface area (Å²) in [5, 5.41) is 8.96. The van der Waals surface area contributed by atoms with Crippen molar-refractivity contribution in [1.29, 1.82) is 0 Å². The molecule has 0 atom stereocenters. The molecule has 2 N–H and O–H groups in total. The second-order valence-corrected chi connectivity index (χ2v) is 4.33. The minimum Gasteiger partial charge on any atom is -0.478 e. The first-order valence-corrected chi connectivity index (χ1v) is 6.09. The van der Waals surface area contributed by atoms with Crippen LogP contribution in [0.3, 0.4) is 0 Å². The van der Waals surface area contributed by atoms with E-state index < -0.39 is 5.97 Å². The number of nitrogens with one attached hydrogen (secondary N) is 1. The normalized spacial score (nSPS) is 10.9. The summed E-state index contributed by atoms with van der Waals surface area (Å²) in [5.74, 6) is -0.981. The summed E-state index contributed by atoms with van der Waals surface area (Å²) < 4.78 is 1.61. The molecule has 1 heterocycles. The second-order valence-electron chi connectivity index (χ2n) is 4.33. The Kier molecular flexibility index (Phi) is 3.50. The number of rotatable bonds is 5. The van der Waals surface area contributed by atoms with E-state index in [1.54, 1.807) is 16.7 Å². The Morgan fingerprint density at radius 1 is 1.39 bits per heavy atom. The van der Waals surface area contributed by atoms with Gasteiger partial charge in [-0.1, -0.05) is 19.8 Å². The van der Waals surface area contributed by atoms with Crippen molar-refractivity contribution < 1.29 is 9.90 Å². The Bertz CT molecular complexity index is 625. The largest absolute Gasteiger partial charge is 0.478 e. The number of carboxylic acid groups (broad SMARTS) is 1. The van der Waals surface area contributed by atoms with Crippen molar-refractivity contribution in [2.45, 2.75) is 32.7 Å². The predicted octanol–water partition coefficient (Wildman–Crippen LogP) is 2.22. The van der Waals surface area contributed by atoms with Crippen LogP contribution in [0, 0.1) is 0 Å². The van der Waals surface area contributed by atoms with Crippen LogP contribution in [0.2, 0.25) is 0 Å². The molecule has 0 spiro atoms. The van der Waals surface area contributed by atoms with E-state index in [0.717, 1.165) is 19.3 Å². The highest BCUT2D eigenvalue weighted by atomic mass is 16.4. The molecule has 0 amide bonds. The fraction of sp³-hybridized carbons (Fsp3) is 0.385. The van der Waals surface area contributed by atoms with E-state index in [1.165, 1.54) is 6.07 Å². The van der Waals surface area contributed by atoms with Gasteiger partial charge in [-0.05, 0) is 24.6 Å². The summed E-state index contributed by atoms with van der Waals surface area (Å²) in [6.45, 7) is 2.72. The molecule has 0 bridgehead atoms. The molecule has 1 aromatic carbocycles. The average Bonchev–Trinajstić information content (AvgIpc) is 2.65. The minimum atomic E-state index is -0.981. The maximum Gasteiger partial charge on any atom is 0.335 e. The summed E-state index contributed by atoms with van der Waals surface area (Å²) in [7, 11) is 0. The average molecular weight is 248 g/mol. The van der Waals surface area contributed by atoms with E-state index >= 15 is 0 Å². The van der Waals surface area contributed by atoms with E-state index in [0.29, 0.717) is 17.6 Å². The van der Waals surface area contributed by atoms with Gasteiger partial charge in [0.25, 0.3) is 0 Å². The second kappa shape index (κ2) is 5.08. The number of aromatic amines is 1. The van der Waals surface area contributed by atoms with Crippen LogP contribution in [0.5, 0.6) is 0 Å². The van der Waals surface area contributed by atoms with E-state index in [2.05, 4.69) is 11.9 Å². The molecule has 0 unspecified atom stereocenters. The molecule has 0 saturated carbocycles. The van der Waals surface area contributed by atoms with Crippen LogP contribution >= 0.6 is 0 Å². The lowest BCUT2D eigenvalue weighted by atomic mass is 10.2. The molecule has 0 saturated heterocycles. The summed E-state index contributed by atoms with van der Waals surface area (Å²) in [6, 6.07) is 4.68. The number of unbranched alkanes of at least 4 members (excludes halogenated alkanes) is 2. The number of aryl methyl sites for hydroxylation is 1. The van der Waals surface area contributed by atoms with Crippen molar-refractivity contribution in [3.63, 3.8) is 0 Å². The van der Waals surface area contributed by atoms with E-state index in [4.69, 9.17) is 5.11 Å².